The summed E-state index contributed by atoms with van der Waals surface area (Å²) in [6, 6.07) is 9.50. The molecule has 0 spiro atoms. The van der Waals surface area contributed by atoms with Crippen molar-refractivity contribution in [2.24, 2.45) is 5.84 Å². The van der Waals surface area contributed by atoms with Crippen LogP contribution in [0, 0.1) is 12.7 Å². The highest BCUT2D eigenvalue weighted by Gasteiger charge is 2.20. The molecule has 0 aliphatic carbocycles. The van der Waals surface area contributed by atoms with E-state index < -0.39 is 6.04 Å². The molecule has 2 rings (SSSR count). The third-order valence-electron chi connectivity index (χ3n) is 3.13. The number of hydrogen-bond donors (Lipinski definition) is 2. The van der Waals surface area contributed by atoms with Gasteiger partial charge in [0.1, 0.15) is 11.6 Å². The number of hydrogen-bond acceptors (Lipinski definition) is 3. The van der Waals surface area contributed by atoms with Crippen molar-refractivity contribution in [3.63, 3.8) is 0 Å². The summed E-state index contributed by atoms with van der Waals surface area (Å²) in [7, 11) is 1.55. The van der Waals surface area contributed by atoms with E-state index in [0.717, 1.165) is 5.56 Å². The third-order valence-corrected chi connectivity index (χ3v) is 3.37. The maximum atomic E-state index is 14.1. The second kappa shape index (κ2) is 6.22. The molecule has 2 aromatic carbocycles. The Morgan fingerprint density at radius 1 is 1.20 bits per heavy atom. The van der Waals surface area contributed by atoms with Crippen LogP contribution in [-0.2, 0) is 0 Å². The van der Waals surface area contributed by atoms with E-state index >= 15 is 0 Å². The number of halogens is 2. The van der Waals surface area contributed by atoms with Crippen LogP contribution in [0.2, 0.25) is 5.02 Å². The molecular formula is C15H16ClFN2O. The van der Waals surface area contributed by atoms with Gasteiger partial charge in [0.25, 0.3) is 0 Å². The number of methoxy groups -OCH3 is 1. The number of nitrogens with one attached hydrogen (secondary N) is 1. The molecule has 0 aromatic heterocycles. The summed E-state index contributed by atoms with van der Waals surface area (Å²) in [6.07, 6.45) is 0. The van der Waals surface area contributed by atoms with E-state index in [1.807, 2.05) is 6.92 Å². The highest BCUT2D eigenvalue weighted by Crippen LogP contribution is 2.33. The topological polar surface area (TPSA) is 47.3 Å². The largest absolute Gasteiger partial charge is 0.496 e. The smallest absolute Gasteiger partial charge is 0.128 e. The lowest BCUT2D eigenvalue weighted by Gasteiger charge is -2.20. The molecule has 0 aliphatic rings. The van der Waals surface area contributed by atoms with Crippen LogP contribution in [0.1, 0.15) is 22.7 Å². The molecule has 0 aliphatic heterocycles. The number of aryl methyl sites for hydroxylation is 1. The van der Waals surface area contributed by atoms with Gasteiger partial charge in [0.2, 0.25) is 0 Å². The van der Waals surface area contributed by atoms with Gasteiger partial charge in [0, 0.05) is 16.1 Å². The molecule has 1 unspecified atom stereocenters. The van der Waals surface area contributed by atoms with Gasteiger partial charge in [-0.1, -0.05) is 29.3 Å². The Hall–Kier alpha value is -1.62. The molecule has 1 atom stereocenters. The predicted octanol–water partition coefficient (Wildman–Crippen LogP) is 3.35. The van der Waals surface area contributed by atoms with Crippen LogP contribution in [0.3, 0.4) is 0 Å². The summed E-state index contributed by atoms with van der Waals surface area (Å²) in [4.78, 5) is 0. The molecular weight excluding hydrogens is 279 g/mol. The zero-order chi connectivity index (χ0) is 14.7. The molecule has 106 valence electrons. The molecule has 20 heavy (non-hydrogen) atoms. The molecule has 0 radical (unpaired) electrons. The minimum Gasteiger partial charge on any atom is -0.496 e. The number of nitrogens with two attached hydrogens (primary N) is 1. The molecule has 2 aromatic rings. The van der Waals surface area contributed by atoms with Crippen LogP contribution in [0.4, 0.5) is 4.39 Å². The first-order valence-electron chi connectivity index (χ1n) is 6.12. The van der Waals surface area contributed by atoms with Crippen LogP contribution in [-0.4, -0.2) is 7.11 Å². The van der Waals surface area contributed by atoms with E-state index in [2.05, 4.69) is 5.43 Å². The second-order valence-electron chi connectivity index (χ2n) is 4.51. The molecule has 0 bridgehead atoms. The summed E-state index contributed by atoms with van der Waals surface area (Å²) < 4.78 is 19.4. The number of benzene rings is 2. The van der Waals surface area contributed by atoms with Crippen molar-refractivity contribution in [2.75, 3.05) is 7.11 Å². The van der Waals surface area contributed by atoms with Crippen molar-refractivity contribution in [2.45, 2.75) is 13.0 Å². The second-order valence-corrected chi connectivity index (χ2v) is 4.95. The zero-order valence-electron chi connectivity index (χ0n) is 11.3. The maximum absolute atomic E-state index is 14.1. The summed E-state index contributed by atoms with van der Waals surface area (Å²) >= 11 is 6.02. The van der Waals surface area contributed by atoms with Gasteiger partial charge in [-0.25, -0.2) is 9.82 Å². The molecule has 5 heteroatoms. The monoisotopic (exact) mass is 294 g/mol. The van der Waals surface area contributed by atoms with E-state index in [1.54, 1.807) is 37.4 Å². The van der Waals surface area contributed by atoms with Crippen LogP contribution in [0.25, 0.3) is 0 Å². The number of ether oxygens (including phenoxy) is 1. The van der Waals surface area contributed by atoms with Gasteiger partial charge in [0.05, 0.1) is 13.2 Å². The van der Waals surface area contributed by atoms with Crippen LogP contribution >= 0.6 is 11.6 Å². The van der Waals surface area contributed by atoms with Gasteiger partial charge in [-0.2, -0.15) is 0 Å². The van der Waals surface area contributed by atoms with Crippen molar-refractivity contribution in [1.29, 1.82) is 0 Å². The van der Waals surface area contributed by atoms with Crippen molar-refractivity contribution >= 4 is 11.6 Å². The Balaban J connectivity index is 2.57. The van der Waals surface area contributed by atoms with E-state index in [1.165, 1.54) is 6.07 Å². The lowest BCUT2D eigenvalue weighted by molar-refractivity contribution is 0.403. The van der Waals surface area contributed by atoms with E-state index in [9.17, 15) is 4.39 Å². The predicted molar refractivity (Wildman–Crippen MR) is 78.3 cm³/mol. The first-order chi connectivity index (χ1) is 9.56. The Labute approximate surface area is 122 Å². The summed E-state index contributed by atoms with van der Waals surface area (Å²) in [5.41, 5.74) is 4.71. The Morgan fingerprint density at radius 3 is 2.60 bits per heavy atom. The average molecular weight is 295 g/mol. The van der Waals surface area contributed by atoms with Crippen molar-refractivity contribution in [3.8, 4) is 5.75 Å². The summed E-state index contributed by atoms with van der Waals surface area (Å²) in [5, 5.41) is 0.536. The quantitative estimate of drug-likeness (QED) is 0.671. The molecule has 0 heterocycles. The van der Waals surface area contributed by atoms with Gasteiger partial charge in [0.15, 0.2) is 0 Å². The van der Waals surface area contributed by atoms with Gasteiger partial charge >= 0.3 is 0 Å². The highest BCUT2D eigenvalue weighted by molar-refractivity contribution is 6.30. The van der Waals surface area contributed by atoms with Crippen LogP contribution < -0.4 is 16.0 Å². The lowest BCUT2D eigenvalue weighted by atomic mass is 9.96. The van der Waals surface area contributed by atoms with Gasteiger partial charge in [-0.15, -0.1) is 0 Å². The first-order valence-corrected chi connectivity index (χ1v) is 6.50. The van der Waals surface area contributed by atoms with Gasteiger partial charge in [-0.05, 0) is 31.2 Å². The number of hydrazine groups is 1. The SMILES string of the molecule is COc1ccc(Cl)cc1C(NN)c1cc(C)ccc1F. The van der Waals surface area contributed by atoms with Crippen LogP contribution in [0.5, 0.6) is 5.75 Å². The molecule has 0 amide bonds. The molecule has 0 saturated heterocycles. The highest BCUT2D eigenvalue weighted by atomic mass is 35.5. The fourth-order valence-corrected chi connectivity index (χ4v) is 2.34. The van der Waals surface area contributed by atoms with Gasteiger partial charge < -0.3 is 4.74 Å². The van der Waals surface area contributed by atoms with Crippen LogP contribution in [0.15, 0.2) is 36.4 Å². The van der Waals surface area contributed by atoms with E-state index in [0.29, 0.717) is 21.9 Å². The fourth-order valence-electron chi connectivity index (χ4n) is 2.16. The summed E-state index contributed by atoms with van der Waals surface area (Å²) in [5.74, 6) is 5.88. The fraction of sp³-hybridized carbons (Fsp3) is 0.200. The minimum atomic E-state index is -0.538. The van der Waals surface area contributed by atoms with Crippen molar-refractivity contribution in [3.05, 3.63) is 63.9 Å². The number of rotatable bonds is 4. The van der Waals surface area contributed by atoms with Gasteiger partial charge in [-0.3, -0.25) is 5.84 Å². The molecule has 0 saturated carbocycles. The lowest BCUT2D eigenvalue weighted by Crippen LogP contribution is -2.30. The third kappa shape index (κ3) is 2.93. The normalized spacial score (nSPS) is 12.2. The molecule has 3 N–H and O–H groups in total. The van der Waals surface area contributed by atoms with E-state index in [-0.39, 0.29) is 5.82 Å². The molecule has 0 fully saturated rings. The standard InChI is InChI=1S/C15H16ClFN2O/c1-9-3-5-13(17)11(7-9)15(19-18)12-8-10(16)4-6-14(12)20-2/h3-8,15,19H,18H2,1-2H3. The molecule has 3 nitrogen and oxygen atoms in total. The Morgan fingerprint density at radius 2 is 1.95 bits per heavy atom. The maximum Gasteiger partial charge on any atom is 0.128 e. The van der Waals surface area contributed by atoms with Crippen molar-refractivity contribution in [1.82, 2.24) is 5.43 Å². The van der Waals surface area contributed by atoms with Crippen molar-refractivity contribution < 1.29 is 9.13 Å². The Kier molecular flexibility index (Phi) is 4.60. The minimum absolute atomic E-state index is 0.333. The Bertz CT molecular complexity index is 619. The first kappa shape index (κ1) is 14.8. The zero-order valence-corrected chi connectivity index (χ0v) is 12.0. The average Bonchev–Trinajstić information content (AvgIpc) is 2.44. The summed E-state index contributed by atoms with van der Waals surface area (Å²) in [6.45, 7) is 1.89. The van der Waals surface area contributed by atoms with E-state index in [4.69, 9.17) is 22.2 Å².